The van der Waals surface area contributed by atoms with Gasteiger partial charge < -0.3 is 4.89 Å². The molecule has 0 amide bonds. The van der Waals surface area contributed by atoms with Gasteiger partial charge in [0.15, 0.2) is 0 Å². The van der Waals surface area contributed by atoms with Crippen molar-refractivity contribution >= 4 is 31.5 Å². The van der Waals surface area contributed by atoms with E-state index in [0.29, 0.717) is 4.32 Å². The molecule has 3 nitrogen and oxygen atoms in total. The molecule has 0 aromatic heterocycles. The van der Waals surface area contributed by atoms with Crippen molar-refractivity contribution in [2.24, 2.45) is 0 Å². The van der Waals surface area contributed by atoms with Crippen molar-refractivity contribution < 1.29 is 13.9 Å². The van der Waals surface area contributed by atoms with Gasteiger partial charge in [0.05, 0.1) is 14.2 Å². The molecule has 0 radical (unpaired) electrons. The van der Waals surface area contributed by atoms with Crippen LogP contribution in [0.1, 0.15) is 0 Å². The van der Waals surface area contributed by atoms with Crippen LogP contribution in [0, 0.1) is 4.32 Å². The summed E-state index contributed by atoms with van der Waals surface area (Å²) in [5.74, 6) is 0. The van der Waals surface area contributed by atoms with Crippen LogP contribution in [0.15, 0.2) is 10.8 Å². The maximum atomic E-state index is 11.6. The van der Waals surface area contributed by atoms with Gasteiger partial charge in [0.25, 0.3) is 0 Å². The van der Waals surface area contributed by atoms with E-state index in [1.807, 2.05) is 10.8 Å². The summed E-state index contributed by atoms with van der Waals surface area (Å²) < 4.78 is 10.3. The summed E-state index contributed by atoms with van der Waals surface area (Å²) in [5.41, 5.74) is 0. The highest BCUT2D eigenvalue weighted by molar-refractivity contribution is 8.33. The monoisotopic (exact) mass is 211 g/mol. The first-order valence-electron chi connectivity index (χ1n) is 2.80. The van der Waals surface area contributed by atoms with E-state index in [9.17, 15) is 4.89 Å². The van der Waals surface area contributed by atoms with Crippen molar-refractivity contribution in [2.75, 3.05) is 14.2 Å². The first-order chi connectivity index (χ1) is 5.23. The van der Waals surface area contributed by atoms with E-state index in [1.54, 1.807) is 0 Å². The molecule has 0 unspecified atom stereocenters. The number of thioether (sulfide) groups is 2. The maximum Gasteiger partial charge on any atom is 0.123 e. The lowest BCUT2D eigenvalue weighted by Gasteiger charge is -2.38. The predicted octanol–water partition coefficient (Wildman–Crippen LogP) is 1.80. The Morgan fingerprint density at radius 2 is 1.73 bits per heavy atom. The molecule has 0 saturated heterocycles. The summed E-state index contributed by atoms with van der Waals surface area (Å²) in [7, 11) is -0.177. The molecule has 0 N–H and O–H groups in total. The Morgan fingerprint density at radius 1 is 1.27 bits per heavy atom. The molecule has 0 aromatic carbocycles. The lowest BCUT2D eigenvalue weighted by atomic mass is 11.3. The molecule has 64 valence electrons. The van der Waals surface area contributed by atoms with E-state index in [0.717, 1.165) is 0 Å². The summed E-state index contributed by atoms with van der Waals surface area (Å²) in [5, 5.41) is 3.70. The number of hydrogen-bond donors (Lipinski definition) is 0. The van der Waals surface area contributed by atoms with Gasteiger partial charge in [-0.05, 0) is 0 Å². The molecule has 6 heteroatoms. The molecule has 0 aromatic rings. The minimum atomic E-state index is -2.95. The third kappa shape index (κ3) is 2.11. The van der Waals surface area contributed by atoms with Crippen LogP contribution in [0.5, 0.6) is 0 Å². The third-order valence-electron chi connectivity index (χ3n) is 1.10. The van der Waals surface area contributed by atoms with Crippen LogP contribution < -0.4 is 4.89 Å². The Bertz CT molecular complexity index is 152. The van der Waals surface area contributed by atoms with Crippen LogP contribution in [0.3, 0.4) is 0 Å². The molecule has 1 aliphatic rings. The van der Waals surface area contributed by atoms with Crippen molar-refractivity contribution in [2.45, 2.75) is 0 Å². The van der Waals surface area contributed by atoms with E-state index in [4.69, 9.17) is 9.05 Å². The van der Waals surface area contributed by atoms with Crippen molar-refractivity contribution in [1.82, 2.24) is 0 Å². The van der Waals surface area contributed by atoms with Gasteiger partial charge in [0, 0.05) is 4.32 Å². The van der Waals surface area contributed by atoms with E-state index < -0.39 is 7.94 Å². The largest absolute Gasteiger partial charge is 0.654 e. The van der Waals surface area contributed by atoms with Gasteiger partial charge in [0.1, 0.15) is 7.94 Å². The first-order valence-corrected chi connectivity index (χ1v) is 6.10. The average Bonchev–Trinajstić information content (AvgIpc) is 2.55. The fraction of sp³-hybridized carbons (Fsp3) is 0.400. The van der Waals surface area contributed by atoms with Gasteiger partial charge in [-0.3, -0.25) is 23.5 Å². The van der Waals surface area contributed by atoms with E-state index in [1.165, 1.54) is 37.7 Å². The molecule has 1 rings (SSSR count). The van der Waals surface area contributed by atoms with Crippen LogP contribution in [0.2, 0.25) is 0 Å². The quantitative estimate of drug-likeness (QED) is 0.526. The minimum absolute atomic E-state index is 0.683. The van der Waals surface area contributed by atoms with Crippen LogP contribution in [-0.2, 0) is 9.05 Å². The second-order valence-electron chi connectivity index (χ2n) is 1.64. The summed E-state index contributed by atoms with van der Waals surface area (Å²) in [4.78, 5) is 11.6. The molecule has 1 heterocycles. The van der Waals surface area contributed by atoms with Gasteiger partial charge in [-0.25, -0.2) is 9.05 Å². The first kappa shape index (κ1) is 9.84. The van der Waals surface area contributed by atoms with Gasteiger partial charge in [-0.2, -0.15) is 0 Å². The summed E-state index contributed by atoms with van der Waals surface area (Å²) in [6.07, 6.45) is 0. The minimum Gasteiger partial charge on any atom is -0.654 e. The fourth-order valence-corrected chi connectivity index (χ4v) is 4.52. The molecule has 0 spiro atoms. The zero-order valence-electron chi connectivity index (χ0n) is 6.14. The highest BCUT2D eigenvalue weighted by Crippen LogP contribution is 2.71. The average molecular weight is 211 g/mol. The van der Waals surface area contributed by atoms with Crippen LogP contribution >= 0.6 is 31.5 Å². The summed E-state index contributed by atoms with van der Waals surface area (Å²) >= 11 is 2.77. The van der Waals surface area contributed by atoms with E-state index in [-0.39, 0.29) is 0 Å². The third-order valence-corrected chi connectivity index (χ3v) is 6.18. The molecule has 0 bridgehead atoms. The van der Waals surface area contributed by atoms with Crippen molar-refractivity contribution in [3.8, 4) is 0 Å². The standard InChI is InChI=1S/C5H8O3PS2/c1-7-9(6,8-2)5-10-3-4-11-5/h3-4H,1-2H3/q-1. The van der Waals surface area contributed by atoms with Gasteiger partial charge in [0.2, 0.25) is 0 Å². The predicted molar refractivity (Wildman–Crippen MR) is 48.5 cm³/mol. The molecule has 0 fully saturated rings. The lowest BCUT2D eigenvalue weighted by molar-refractivity contribution is -0.211. The van der Waals surface area contributed by atoms with Gasteiger partial charge >= 0.3 is 0 Å². The summed E-state index contributed by atoms with van der Waals surface area (Å²) in [6.45, 7) is 0. The Kier molecular flexibility index (Phi) is 3.68. The zero-order valence-corrected chi connectivity index (χ0v) is 8.67. The number of rotatable bonds is 3. The van der Waals surface area contributed by atoms with E-state index >= 15 is 0 Å². The summed E-state index contributed by atoms with van der Waals surface area (Å²) in [6, 6.07) is 0. The number of hydrogen-bond acceptors (Lipinski definition) is 5. The Morgan fingerprint density at radius 3 is 2.09 bits per heavy atom. The van der Waals surface area contributed by atoms with Crippen LogP contribution in [0.4, 0.5) is 0 Å². The highest BCUT2D eigenvalue weighted by atomic mass is 32.2. The second kappa shape index (κ2) is 4.12. The molecule has 0 aliphatic carbocycles. The van der Waals surface area contributed by atoms with Crippen molar-refractivity contribution in [3.63, 3.8) is 0 Å². The molecule has 1 aliphatic heterocycles. The SMILES string of the molecule is CO[P+]([O-])(OC)[C-]1SC=CS1. The fourth-order valence-electron chi connectivity index (χ4n) is 0.552. The van der Waals surface area contributed by atoms with Crippen molar-refractivity contribution in [1.29, 1.82) is 0 Å². The van der Waals surface area contributed by atoms with Gasteiger partial charge in [-0.15, -0.1) is 0 Å². The van der Waals surface area contributed by atoms with E-state index in [2.05, 4.69) is 0 Å². The molecule has 0 atom stereocenters. The Balaban J connectivity index is 2.54. The lowest BCUT2D eigenvalue weighted by Crippen LogP contribution is -2.15. The topological polar surface area (TPSA) is 41.5 Å². The highest BCUT2D eigenvalue weighted by Gasteiger charge is 2.27. The Hall–Kier alpha value is 0.750. The molecule has 0 saturated carbocycles. The Labute approximate surface area is 75.1 Å². The molecular formula is C5H8O3PS2-. The second-order valence-corrected chi connectivity index (χ2v) is 6.50. The van der Waals surface area contributed by atoms with Gasteiger partial charge in [-0.1, -0.05) is 10.8 Å². The van der Waals surface area contributed by atoms with Crippen LogP contribution in [0.25, 0.3) is 0 Å². The molecule has 11 heavy (non-hydrogen) atoms. The zero-order chi connectivity index (χ0) is 8.32. The van der Waals surface area contributed by atoms with Crippen molar-refractivity contribution in [3.05, 3.63) is 15.1 Å². The van der Waals surface area contributed by atoms with Crippen LogP contribution in [-0.4, -0.2) is 14.2 Å². The normalized spacial score (nSPS) is 19.5. The molecular weight excluding hydrogens is 203 g/mol. The smallest absolute Gasteiger partial charge is 0.123 e. The maximum absolute atomic E-state index is 11.6.